The first-order chi connectivity index (χ1) is 13.2. The van der Waals surface area contributed by atoms with Crippen LogP contribution in [0.1, 0.15) is 44.1 Å². The Morgan fingerprint density at radius 2 is 2.07 bits per heavy atom. The van der Waals surface area contributed by atoms with E-state index in [-0.39, 0.29) is 11.8 Å². The van der Waals surface area contributed by atoms with E-state index in [0.29, 0.717) is 24.8 Å². The molecule has 0 saturated carbocycles. The monoisotopic (exact) mass is 370 g/mol. The highest BCUT2D eigenvalue weighted by Gasteiger charge is 2.29. The van der Waals surface area contributed by atoms with Gasteiger partial charge in [-0.15, -0.1) is 0 Å². The topological polar surface area (TPSA) is 58.6 Å². The second kappa shape index (κ2) is 9.58. The van der Waals surface area contributed by atoms with Gasteiger partial charge in [0.1, 0.15) is 5.75 Å². The van der Waals surface area contributed by atoms with Crippen molar-refractivity contribution in [3.8, 4) is 5.75 Å². The number of amides is 2. The molecule has 27 heavy (non-hydrogen) atoms. The summed E-state index contributed by atoms with van der Waals surface area (Å²) >= 11 is 0. The first-order valence-corrected chi connectivity index (χ1v) is 9.99. The summed E-state index contributed by atoms with van der Waals surface area (Å²) in [5.41, 5.74) is 1.03. The Bertz CT molecular complexity index is 678. The molecular formula is C22H30N2O3. The first-order valence-electron chi connectivity index (χ1n) is 9.99. The number of ether oxygens (including phenoxy) is 1. The summed E-state index contributed by atoms with van der Waals surface area (Å²) in [6, 6.07) is 7.73. The van der Waals surface area contributed by atoms with Crippen LogP contribution in [0.25, 0.3) is 0 Å². The first kappa shape index (κ1) is 19.5. The zero-order chi connectivity index (χ0) is 19.1. The van der Waals surface area contributed by atoms with Gasteiger partial charge in [-0.1, -0.05) is 24.3 Å². The summed E-state index contributed by atoms with van der Waals surface area (Å²) in [7, 11) is 1.64. The van der Waals surface area contributed by atoms with Crippen LogP contribution in [0, 0.1) is 11.8 Å². The fourth-order valence-corrected chi connectivity index (χ4v) is 3.98. The number of benzene rings is 1. The van der Waals surface area contributed by atoms with Gasteiger partial charge in [0.2, 0.25) is 11.8 Å². The minimum atomic E-state index is 0.0706. The Hall–Kier alpha value is -2.30. The van der Waals surface area contributed by atoms with Crippen molar-refractivity contribution in [2.75, 3.05) is 20.2 Å². The van der Waals surface area contributed by atoms with Crippen molar-refractivity contribution in [2.24, 2.45) is 11.8 Å². The van der Waals surface area contributed by atoms with Gasteiger partial charge in [0.15, 0.2) is 0 Å². The van der Waals surface area contributed by atoms with Gasteiger partial charge in [0.25, 0.3) is 0 Å². The lowest BCUT2D eigenvalue weighted by atomic mass is 9.92. The van der Waals surface area contributed by atoms with Crippen LogP contribution in [0.4, 0.5) is 0 Å². The minimum Gasteiger partial charge on any atom is -0.497 e. The summed E-state index contributed by atoms with van der Waals surface area (Å²) in [5.74, 6) is 1.74. The lowest BCUT2D eigenvalue weighted by Gasteiger charge is -2.34. The SMILES string of the molecule is COc1cccc(CNC(=O)CC[C@H]2CCCN(C(=O)C3CC=CC3)C2)c1. The van der Waals surface area contributed by atoms with Gasteiger partial charge in [-0.25, -0.2) is 0 Å². The number of carbonyl (C=O) groups excluding carboxylic acids is 2. The van der Waals surface area contributed by atoms with E-state index in [4.69, 9.17) is 4.74 Å². The summed E-state index contributed by atoms with van der Waals surface area (Å²) < 4.78 is 5.21. The van der Waals surface area contributed by atoms with Crippen LogP contribution >= 0.6 is 0 Å². The van der Waals surface area contributed by atoms with Crippen molar-refractivity contribution in [3.05, 3.63) is 42.0 Å². The zero-order valence-corrected chi connectivity index (χ0v) is 16.2. The van der Waals surface area contributed by atoms with E-state index < -0.39 is 0 Å². The zero-order valence-electron chi connectivity index (χ0n) is 16.2. The number of hydrogen-bond donors (Lipinski definition) is 1. The standard InChI is InChI=1S/C22H30N2O3/c1-27-20-10-4-6-18(14-20)15-23-21(25)12-11-17-7-5-13-24(16-17)22(26)19-8-2-3-9-19/h2-4,6,10,14,17,19H,5,7-9,11-13,15-16H2,1H3,(H,23,25)/t17-/m1/s1. The van der Waals surface area contributed by atoms with E-state index in [2.05, 4.69) is 17.5 Å². The van der Waals surface area contributed by atoms with Crippen LogP contribution in [-0.4, -0.2) is 36.9 Å². The van der Waals surface area contributed by atoms with E-state index in [1.165, 1.54) is 0 Å². The number of carbonyl (C=O) groups is 2. The largest absolute Gasteiger partial charge is 0.497 e. The Kier molecular flexibility index (Phi) is 6.91. The smallest absolute Gasteiger partial charge is 0.226 e. The molecule has 1 aliphatic heterocycles. The molecule has 146 valence electrons. The molecule has 2 amide bonds. The molecule has 1 aromatic carbocycles. The van der Waals surface area contributed by atoms with Gasteiger partial charge in [-0.05, 0) is 55.7 Å². The van der Waals surface area contributed by atoms with Crippen LogP contribution in [-0.2, 0) is 16.1 Å². The quantitative estimate of drug-likeness (QED) is 0.749. The molecule has 1 aromatic rings. The Balaban J connectivity index is 1.39. The molecule has 1 saturated heterocycles. The van der Waals surface area contributed by atoms with Gasteiger partial charge in [-0.3, -0.25) is 9.59 Å². The number of nitrogens with zero attached hydrogens (tertiary/aromatic N) is 1. The van der Waals surface area contributed by atoms with Gasteiger partial charge in [-0.2, -0.15) is 0 Å². The number of methoxy groups -OCH3 is 1. The van der Waals surface area contributed by atoms with Crippen molar-refractivity contribution in [2.45, 2.75) is 45.1 Å². The molecule has 1 aliphatic carbocycles. The fourth-order valence-electron chi connectivity index (χ4n) is 3.98. The molecule has 5 heteroatoms. The van der Waals surface area contributed by atoms with Gasteiger partial charge < -0.3 is 15.0 Å². The molecule has 0 spiro atoms. The highest BCUT2D eigenvalue weighted by Crippen LogP contribution is 2.26. The third-order valence-electron chi connectivity index (χ3n) is 5.59. The number of allylic oxidation sites excluding steroid dienone is 2. The Morgan fingerprint density at radius 1 is 1.26 bits per heavy atom. The molecule has 0 radical (unpaired) electrons. The molecule has 0 unspecified atom stereocenters. The number of nitrogens with one attached hydrogen (secondary N) is 1. The molecule has 3 rings (SSSR count). The molecule has 2 aliphatic rings. The van der Waals surface area contributed by atoms with Crippen LogP contribution in [0.5, 0.6) is 5.75 Å². The third-order valence-corrected chi connectivity index (χ3v) is 5.59. The molecule has 1 heterocycles. The maximum absolute atomic E-state index is 12.6. The lowest BCUT2D eigenvalue weighted by Crippen LogP contribution is -2.42. The van der Waals surface area contributed by atoms with Crippen LogP contribution < -0.4 is 10.1 Å². The average molecular weight is 370 g/mol. The number of piperidine rings is 1. The number of likely N-dealkylation sites (tertiary alicyclic amines) is 1. The number of rotatable bonds is 7. The van der Waals surface area contributed by atoms with E-state index in [1.54, 1.807) is 7.11 Å². The second-order valence-electron chi connectivity index (χ2n) is 7.60. The van der Waals surface area contributed by atoms with Gasteiger partial charge >= 0.3 is 0 Å². The average Bonchev–Trinajstić information content (AvgIpc) is 3.25. The maximum atomic E-state index is 12.6. The van der Waals surface area contributed by atoms with Crippen molar-refractivity contribution >= 4 is 11.8 Å². The van der Waals surface area contributed by atoms with E-state index in [9.17, 15) is 9.59 Å². The van der Waals surface area contributed by atoms with Crippen molar-refractivity contribution in [1.29, 1.82) is 0 Å². The Labute approximate surface area is 161 Å². The maximum Gasteiger partial charge on any atom is 0.226 e. The van der Waals surface area contributed by atoms with Crippen molar-refractivity contribution in [1.82, 2.24) is 10.2 Å². The summed E-state index contributed by atoms with van der Waals surface area (Å²) in [6.45, 7) is 2.19. The molecule has 0 bridgehead atoms. The lowest BCUT2D eigenvalue weighted by molar-refractivity contribution is -0.137. The van der Waals surface area contributed by atoms with E-state index in [1.807, 2.05) is 29.2 Å². The van der Waals surface area contributed by atoms with Crippen molar-refractivity contribution in [3.63, 3.8) is 0 Å². The van der Waals surface area contributed by atoms with E-state index >= 15 is 0 Å². The summed E-state index contributed by atoms with van der Waals surface area (Å²) in [6.07, 6.45) is 9.49. The van der Waals surface area contributed by atoms with Gasteiger partial charge in [0.05, 0.1) is 7.11 Å². The molecule has 1 atom stereocenters. The summed E-state index contributed by atoms with van der Waals surface area (Å²) in [4.78, 5) is 26.8. The highest BCUT2D eigenvalue weighted by molar-refractivity contribution is 5.80. The molecule has 1 N–H and O–H groups in total. The van der Waals surface area contributed by atoms with Gasteiger partial charge in [0, 0.05) is 32.0 Å². The van der Waals surface area contributed by atoms with Crippen LogP contribution in [0.2, 0.25) is 0 Å². The third kappa shape index (κ3) is 5.59. The Morgan fingerprint density at radius 3 is 2.85 bits per heavy atom. The number of hydrogen-bond acceptors (Lipinski definition) is 3. The second-order valence-corrected chi connectivity index (χ2v) is 7.60. The molecule has 1 fully saturated rings. The van der Waals surface area contributed by atoms with Crippen LogP contribution in [0.3, 0.4) is 0 Å². The summed E-state index contributed by atoms with van der Waals surface area (Å²) in [5, 5.41) is 2.99. The molecule has 0 aromatic heterocycles. The predicted octanol–water partition coefficient (Wildman–Crippen LogP) is 3.30. The fraction of sp³-hybridized carbons (Fsp3) is 0.545. The van der Waals surface area contributed by atoms with Crippen molar-refractivity contribution < 1.29 is 14.3 Å². The highest BCUT2D eigenvalue weighted by atomic mass is 16.5. The predicted molar refractivity (Wildman–Crippen MR) is 105 cm³/mol. The normalized spacial score (nSPS) is 19.9. The minimum absolute atomic E-state index is 0.0706. The molecular weight excluding hydrogens is 340 g/mol. The molecule has 5 nitrogen and oxygen atoms in total. The van der Waals surface area contributed by atoms with Crippen LogP contribution in [0.15, 0.2) is 36.4 Å². The van der Waals surface area contributed by atoms with E-state index in [0.717, 1.165) is 56.5 Å².